The molecule has 0 aromatic heterocycles. The summed E-state index contributed by atoms with van der Waals surface area (Å²) in [4.78, 5) is 0. The van der Waals surface area contributed by atoms with Crippen molar-refractivity contribution in [1.82, 2.24) is 0 Å². The van der Waals surface area contributed by atoms with Gasteiger partial charge in [-0.05, 0) is 19.1 Å². The van der Waals surface area contributed by atoms with Crippen LogP contribution in [0.4, 0.5) is 4.39 Å². The van der Waals surface area contributed by atoms with Gasteiger partial charge in [0, 0.05) is 10.6 Å². The van der Waals surface area contributed by atoms with Gasteiger partial charge in [0.05, 0.1) is 6.10 Å². The molecule has 1 atom stereocenters. The highest BCUT2D eigenvalue weighted by atomic mass is 35.5. The second kappa shape index (κ2) is 3.20. The summed E-state index contributed by atoms with van der Waals surface area (Å²) in [6.07, 6.45) is -0.858. The normalized spacial score (nSPS) is 13.1. The highest BCUT2D eigenvalue weighted by Crippen LogP contribution is 2.24. The van der Waals surface area contributed by atoms with E-state index in [4.69, 9.17) is 16.7 Å². The number of benzene rings is 1. The van der Waals surface area contributed by atoms with Crippen LogP contribution in [0.3, 0.4) is 0 Å². The highest BCUT2D eigenvalue weighted by Gasteiger charge is 2.10. The molecule has 0 saturated carbocycles. The molecule has 0 aliphatic heterocycles. The highest BCUT2D eigenvalue weighted by molar-refractivity contribution is 6.31. The molecule has 0 amide bonds. The number of hydrogen-bond donors (Lipinski definition) is 1. The van der Waals surface area contributed by atoms with Crippen molar-refractivity contribution in [2.24, 2.45) is 0 Å². The van der Waals surface area contributed by atoms with E-state index >= 15 is 0 Å². The molecular weight excluding hydrogens is 167 g/mol. The summed E-state index contributed by atoms with van der Waals surface area (Å²) in [5.41, 5.74) is 0.161. The van der Waals surface area contributed by atoms with E-state index in [1.54, 1.807) is 6.07 Å². The molecule has 0 fully saturated rings. The van der Waals surface area contributed by atoms with Crippen molar-refractivity contribution in [1.29, 1.82) is 0 Å². The van der Waals surface area contributed by atoms with E-state index in [1.165, 1.54) is 19.1 Å². The zero-order valence-electron chi connectivity index (χ0n) is 6.01. The number of hydrogen-bond acceptors (Lipinski definition) is 1. The van der Waals surface area contributed by atoms with E-state index in [1.807, 2.05) is 0 Å². The first-order valence-corrected chi connectivity index (χ1v) is 3.62. The third-order valence-corrected chi connectivity index (χ3v) is 1.75. The van der Waals surface area contributed by atoms with Crippen LogP contribution in [0, 0.1) is 5.82 Å². The lowest BCUT2D eigenvalue weighted by Crippen LogP contribution is -1.96. The zero-order valence-corrected chi connectivity index (χ0v) is 6.77. The Morgan fingerprint density at radius 3 is 2.55 bits per heavy atom. The summed E-state index contributed by atoms with van der Waals surface area (Å²) in [6.45, 7) is 1.48. The first-order valence-electron chi connectivity index (χ1n) is 3.25. The van der Waals surface area contributed by atoms with Gasteiger partial charge in [-0.1, -0.05) is 17.7 Å². The Morgan fingerprint density at radius 1 is 1.55 bits per heavy atom. The van der Waals surface area contributed by atoms with E-state index < -0.39 is 11.9 Å². The van der Waals surface area contributed by atoms with Crippen molar-refractivity contribution in [3.63, 3.8) is 0 Å². The maximum absolute atomic E-state index is 12.9. The molecule has 1 rings (SSSR count). The Hall–Kier alpha value is -0.600. The number of rotatable bonds is 1. The molecule has 0 saturated heterocycles. The molecule has 60 valence electrons. The molecule has 0 aliphatic rings. The minimum atomic E-state index is -0.858. The molecule has 0 radical (unpaired) electrons. The third-order valence-electron chi connectivity index (χ3n) is 1.42. The van der Waals surface area contributed by atoms with Crippen molar-refractivity contribution in [3.8, 4) is 0 Å². The standard InChI is InChI=1S/C8H8ClFO/c1-5(11)8-6(9)3-2-4-7(8)10/h2-5,11H,1H3/t5-/m1/s1. The average Bonchev–Trinajstić information content (AvgIpc) is 1.85. The third kappa shape index (κ3) is 1.70. The minimum absolute atomic E-state index is 0.161. The van der Waals surface area contributed by atoms with Crippen molar-refractivity contribution >= 4 is 11.6 Å². The van der Waals surface area contributed by atoms with Gasteiger partial charge in [0.1, 0.15) is 5.82 Å². The SMILES string of the molecule is C[C@@H](O)c1c(F)cccc1Cl. The Morgan fingerprint density at radius 2 is 2.18 bits per heavy atom. The van der Waals surface area contributed by atoms with Crippen LogP contribution in [0.2, 0.25) is 5.02 Å². The van der Waals surface area contributed by atoms with Gasteiger partial charge in [-0.2, -0.15) is 0 Å². The fourth-order valence-corrected chi connectivity index (χ4v) is 1.23. The maximum atomic E-state index is 12.9. The molecule has 1 aromatic rings. The van der Waals surface area contributed by atoms with Crippen LogP contribution in [0.15, 0.2) is 18.2 Å². The smallest absolute Gasteiger partial charge is 0.130 e. The molecule has 0 bridgehead atoms. The summed E-state index contributed by atoms with van der Waals surface area (Å²) < 4.78 is 12.9. The molecule has 0 heterocycles. The topological polar surface area (TPSA) is 20.2 Å². The molecule has 0 aliphatic carbocycles. The lowest BCUT2D eigenvalue weighted by Gasteiger charge is -2.07. The Bertz CT molecular complexity index is 240. The number of aliphatic hydroxyl groups excluding tert-OH is 1. The van der Waals surface area contributed by atoms with E-state index in [0.29, 0.717) is 0 Å². The van der Waals surface area contributed by atoms with Crippen LogP contribution in [0.5, 0.6) is 0 Å². The summed E-state index contributed by atoms with van der Waals surface area (Å²) in [5.74, 6) is -0.465. The second-order valence-corrected chi connectivity index (χ2v) is 2.72. The van der Waals surface area contributed by atoms with Crippen molar-refractivity contribution in [3.05, 3.63) is 34.6 Å². The van der Waals surface area contributed by atoms with Crippen LogP contribution in [-0.4, -0.2) is 5.11 Å². The Balaban J connectivity index is 3.21. The fraction of sp³-hybridized carbons (Fsp3) is 0.250. The predicted octanol–water partition coefficient (Wildman–Crippen LogP) is 2.53. The molecule has 1 N–H and O–H groups in total. The van der Waals surface area contributed by atoms with Crippen molar-refractivity contribution in [2.45, 2.75) is 13.0 Å². The van der Waals surface area contributed by atoms with Gasteiger partial charge in [0.15, 0.2) is 0 Å². The average molecular weight is 175 g/mol. The van der Waals surface area contributed by atoms with E-state index in [-0.39, 0.29) is 10.6 Å². The van der Waals surface area contributed by atoms with Gasteiger partial charge < -0.3 is 5.11 Å². The lowest BCUT2D eigenvalue weighted by molar-refractivity contribution is 0.194. The summed E-state index contributed by atoms with van der Waals surface area (Å²) in [7, 11) is 0. The number of aliphatic hydroxyl groups is 1. The van der Waals surface area contributed by atoms with Crippen LogP contribution in [0.25, 0.3) is 0 Å². The molecule has 1 nitrogen and oxygen atoms in total. The molecule has 3 heteroatoms. The quantitative estimate of drug-likeness (QED) is 0.694. The van der Waals surface area contributed by atoms with Crippen LogP contribution in [0.1, 0.15) is 18.6 Å². The summed E-state index contributed by atoms with van der Waals surface area (Å²) in [5, 5.41) is 9.32. The van der Waals surface area contributed by atoms with Crippen molar-refractivity contribution < 1.29 is 9.50 Å². The first-order chi connectivity index (χ1) is 5.13. The predicted molar refractivity (Wildman–Crippen MR) is 42.0 cm³/mol. The minimum Gasteiger partial charge on any atom is -0.389 e. The van der Waals surface area contributed by atoms with E-state index in [0.717, 1.165) is 0 Å². The molecule has 0 unspecified atom stereocenters. The molecule has 1 aromatic carbocycles. The number of halogens is 2. The van der Waals surface area contributed by atoms with Crippen LogP contribution >= 0.6 is 11.6 Å². The molecule has 11 heavy (non-hydrogen) atoms. The van der Waals surface area contributed by atoms with Gasteiger partial charge in [0.25, 0.3) is 0 Å². The Kier molecular flexibility index (Phi) is 2.47. The van der Waals surface area contributed by atoms with Gasteiger partial charge in [-0.15, -0.1) is 0 Å². The molecular formula is C8H8ClFO. The van der Waals surface area contributed by atoms with Gasteiger partial charge >= 0.3 is 0 Å². The first kappa shape index (κ1) is 8.50. The fourth-order valence-electron chi connectivity index (χ4n) is 0.910. The van der Waals surface area contributed by atoms with Gasteiger partial charge in [-0.25, -0.2) is 4.39 Å². The van der Waals surface area contributed by atoms with Gasteiger partial charge in [-0.3, -0.25) is 0 Å². The maximum Gasteiger partial charge on any atom is 0.130 e. The van der Waals surface area contributed by atoms with Crippen LogP contribution < -0.4 is 0 Å². The second-order valence-electron chi connectivity index (χ2n) is 2.31. The summed E-state index contributed by atoms with van der Waals surface area (Å²) in [6, 6.07) is 4.32. The van der Waals surface area contributed by atoms with Crippen LogP contribution in [-0.2, 0) is 0 Å². The monoisotopic (exact) mass is 174 g/mol. The van der Waals surface area contributed by atoms with Crippen molar-refractivity contribution in [2.75, 3.05) is 0 Å². The van der Waals surface area contributed by atoms with E-state index in [9.17, 15) is 4.39 Å². The zero-order chi connectivity index (χ0) is 8.43. The molecule has 0 spiro atoms. The van der Waals surface area contributed by atoms with E-state index in [2.05, 4.69) is 0 Å². The lowest BCUT2D eigenvalue weighted by atomic mass is 10.1. The summed E-state index contributed by atoms with van der Waals surface area (Å²) >= 11 is 5.62. The largest absolute Gasteiger partial charge is 0.389 e. The Labute approximate surface area is 69.4 Å². The van der Waals surface area contributed by atoms with Gasteiger partial charge in [0.2, 0.25) is 0 Å².